The van der Waals surface area contributed by atoms with Crippen molar-refractivity contribution in [1.29, 1.82) is 0 Å². The number of aryl methyl sites for hydroxylation is 1. The zero-order valence-corrected chi connectivity index (χ0v) is 18.0. The van der Waals surface area contributed by atoms with Crippen molar-refractivity contribution in [3.63, 3.8) is 0 Å². The van der Waals surface area contributed by atoms with Gasteiger partial charge in [-0.1, -0.05) is 35.0 Å². The third-order valence-corrected chi connectivity index (χ3v) is 7.18. The summed E-state index contributed by atoms with van der Waals surface area (Å²) in [4.78, 5) is 12.0. The van der Waals surface area contributed by atoms with Crippen molar-refractivity contribution in [3.8, 4) is 0 Å². The molecule has 0 unspecified atom stereocenters. The number of hydrogen-bond donors (Lipinski definition) is 2. The van der Waals surface area contributed by atoms with Gasteiger partial charge in [-0.05, 0) is 42.8 Å². The van der Waals surface area contributed by atoms with Gasteiger partial charge >= 0.3 is 0 Å². The van der Waals surface area contributed by atoms with Gasteiger partial charge < -0.3 is 9.84 Å². The fourth-order valence-corrected chi connectivity index (χ4v) is 4.92. The van der Waals surface area contributed by atoms with E-state index in [4.69, 9.17) is 16.1 Å². The number of hydrogen-bond acceptors (Lipinski definition) is 6. The normalized spacial score (nSPS) is 11.8. The average molecular weight is 452 g/mol. The highest BCUT2D eigenvalue weighted by Crippen LogP contribution is 2.26. The van der Waals surface area contributed by atoms with Crippen LogP contribution in [-0.2, 0) is 21.4 Å². The van der Waals surface area contributed by atoms with Crippen LogP contribution in [0.4, 0.5) is 5.69 Å². The Kier molecular flexibility index (Phi) is 6.53. The van der Waals surface area contributed by atoms with E-state index in [9.17, 15) is 13.2 Å². The predicted octanol–water partition coefficient (Wildman–Crippen LogP) is 4.31. The molecule has 0 atom stereocenters. The van der Waals surface area contributed by atoms with Crippen LogP contribution in [0.25, 0.3) is 12.2 Å². The lowest BCUT2D eigenvalue weighted by atomic mass is 10.2. The molecule has 0 bridgehead atoms. The number of nitrogens with zero attached hydrogens (tertiary/aromatic N) is 1. The highest BCUT2D eigenvalue weighted by atomic mass is 35.5. The monoisotopic (exact) mass is 451 g/mol. The summed E-state index contributed by atoms with van der Waals surface area (Å²) in [6, 6.07) is 10.3. The van der Waals surface area contributed by atoms with Crippen LogP contribution in [0.3, 0.4) is 0 Å². The van der Waals surface area contributed by atoms with Gasteiger partial charge in [0.25, 0.3) is 0 Å². The SMILES string of the molecule is CC(=O)Nc1c(C)noc1/C=C/c1ccc(S(=O)(=O)NCc2ccccc2Cl)s1. The number of halogens is 1. The predicted molar refractivity (Wildman–Crippen MR) is 114 cm³/mol. The van der Waals surface area contributed by atoms with Crippen LogP contribution in [0.2, 0.25) is 5.02 Å². The minimum Gasteiger partial charge on any atom is -0.354 e. The fourth-order valence-electron chi connectivity index (χ4n) is 2.44. The number of sulfonamides is 1. The maximum Gasteiger partial charge on any atom is 0.250 e. The van der Waals surface area contributed by atoms with E-state index < -0.39 is 10.0 Å². The van der Waals surface area contributed by atoms with E-state index in [2.05, 4.69) is 15.2 Å². The van der Waals surface area contributed by atoms with Crippen molar-refractivity contribution in [3.05, 3.63) is 63.3 Å². The second kappa shape index (κ2) is 8.91. The molecule has 2 aromatic heterocycles. The van der Waals surface area contributed by atoms with E-state index in [1.54, 1.807) is 49.4 Å². The first-order valence-corrected chi connectivity index (χ1v) is 11.2. The summed E-state index contributed by atoms with van der Waals surface area (Å²) in [5, 5.41) is 7.00. The summed E-state index contributed by atoms with van der Waals surface area (Å²) in [5.74, 6) is 0.146. The van der Waals surface area contributed by atoms with E-state index in [1.165, 1.54) is 13.0 Å². The Balaban J connectivity index is 1.73. The van der Waals surface area contributed by atoms with Crippen molar-refractivity contribution >= 4 is 56.7 Å². The Morgan fingerprint density at radius 1 is 1.24 bits per heavy atom. The van der Waals surface area contributed by atoms with Gasteiger partial charge in [-0.25, -0.2) is 13.1 Å². The molecule has 3 aromatic rings. The summed E-state index contributed by atoms with van der Waals surface area (Å²) in [5.41, 5.74) is 1.73. The largest absolute Gasteiger partial charge is 0.354 e. The van der Waals surface area contributed by atoms with E-state index in [0.29, 0.717) is 32.6 Å². The van der Waals surface area contributed by atoms with Gasteiger partial charge in [-0.3, -0.25) is 4.79 Å². The van der Waals surface area contributed by atoms with Crippen molar-refractivity contribution in [1.82, 2.24) is 9.88 Å². The van der Waals surface area contributed by atoms with Crippen LogP contribution in [0.15, 0.2) is 45.1 Å². The quantitative estimate of drug-likeness (QED) is 0.557. The number of carbonyl (C=O) groups is 1. The van der Waals surface area contributed by atoms with Gasteiger partial charge in [0.1, 0.15) is 15.6 Å². The van der Waals surface area contributed by atoms with Crippen LogP contribution in [-0.4, -0.2) is 19.5 Å². The molecule has 0 spiro atoms. The first-order chi connectivity index (χ1) is 13.8. The first-order valence-electron chi connectivity index (χ1n) is 8.51. The topological polar surface area (TPSA) is 101 Å². The maximum absolute atomic E-state index is 12.5. The molecule has 0 saturated carbocycles. The summed E-state index contributed by atoms with van der Waals surface area (Å²) in [6.07, 6.45) is 3.33. The van der Waals surface area contributed by atoms with Crippen molar-refractivity contribution < 1.29 is 17.7 Å². The highest BCUT2D eigenvalue weighted by Gasteiger charge is 2.17. The lowest BCUT2D eigenvalue weighted by Crippen LogP contribution is -2.22. The summed E-state index contributed by atoms with van der Waals surface area (Å²) < 4.78 is 33.0. The molecule has 0 saturated heterocycles. The van der Waals surface area contributed by atoms with Crippen molar-refractivity contribution in [2.75, 3.05) is 5.32 Å². The molecular formula is C19H18ClN3O4S2. The molecule has 3 rings (SSSR count). The molecule has 2 N–H and O–H groups in total. The second-order valence-electron chi connectivity index (χ2n) is 6.09. The molecule has 0 aliphatic rings. The minimum atomic E-state index is -3.67. The van der Waals surface area contributed by atoms with E-state index >= 15 is 0 Å². The second-order valence-corrected chi connectivity index (χ2v) is 9.61. The molecule has 152 valence electrons. The van der Waals surface area contributed by atoms with Crippen LogP contribution in [0, 0.1) is 6.92 Å². The molecule has 0 aliphatic carbocycles. The molecule has 0 fully saturated rings. The smallest absolute Gasteiger partial charge is 0.250 e. The number of carbonyl (C=O) groups excluding carboxylic acids is 1. The standard InChI is InChI=1S/C19H18ClN3O4S2/c1-12-19(22-13(2)24)17(27-23-12)9-7-15-8-10-18(28-15)29(25,26)21-11-14-5-3-4-6-16(14)20/h3-10,21H,11H2,1-2H3,(H,22,24)/b9-7+. The van der Waals surface area contributed by atoms with Crippen LogP contribution in [0.1, 0.15) is 28.8 Å². The number of rotatable bonds is 7. The third kappa shape index (κ3) is 5.33. The Hall–Kier alpha value is -2.46. The van der Waals surface area contributed by atoms with Gasteiger partial charge in [0.05, 0.1) is 0 Å². The maximum atomic E-state index is 12.5. The molecule has 7 nitrogen and oxygen atoms in total. The Bertz CT molecular complexity index is 1170. The van der Waals surface area contributed by atoms with Crippen LogP contribution in [0.5, 0.6) is 0 Å². The van der Waals surface area contributed by atoms with Crippen LogP contribution >= 0.6 is 22.9 Å². The molecule has 10 heteroatoms. The lowest BCUT2D eigenvalue weighted by molar-refractivity contribution is -0.114. The van der Waals surface area contributed by atoms with Gasteiger partial charge in [-0.2, -0.15) is 0 Å². The fraction of sp³-hybridized carbons (Fsp3) is 0.158. The molecule has 0 aliphatic heterocycles. The number of nitrogens with one attached hydrogen (secondary N) is 2. The summed E-state index contributed by atoms with van der Waals surface area (Å²) in [7, 11) is -3.67. The van der Waals surface area contributed by atoms with Gasteiger partial charge in [-0.15, -0.1) is 11.3 Å². The average Bonchev–Trinajstić information content (AvgIpc) is 3.27. The number of aromatic nitrogens is 1. The summed E-state index contributed by atoms with van der Waals surface area (Å²) in [6.45, 7) is 3.21. The lowest BCUT2D eigenvalue weighted by Gasteiger charge is -2.06. The first kappa shape index (κ1) is 21.3. The number of benzene rings is 1. The molecule has 1 amide bonds. The molecule has 0 radical (unpaired) electrons. The zero-order chi connectivity index (χ0) is 21.0. The minimum absolute atomic E-state index is 0.0997. The van der Waals surface area contributed by atoms with Crippen LogP contribution < -0.4 is 10.0 Å². The number of amides is 1. The highest BCUT2D eigenvalue weighted by molar-refractivity contribution is 7.91. The van der Waals surface area contributed by atoms with Gasteiger partial charge in [0, 0.05) is 23.4 Å². The van der Waals surface area contributed by atoms with E-state index in [1.807, 2.05) is 0 Å². The molecule has 29 heavy (non-hydrogen) atoms. The van der Waals surface area contributed by atoms with Crippen molar-refractivity contribution in [2.45, 2.75) is 24.6 Å². The number of thiophene rings is 1. The summed E-state index contributed by atoms with van der Waals surface area (Å²) >= 11 is 7.17. The number of anilines is 1. The Morgan fingerprint density at radius 2 is 2.00 bits per heavy atom. The van der Waals surface area contributed by atoms with Gasteiger partial charge in [0.15, 0.2) is 5.76 Å². The Morgan fingerprint density at radius 3 is 2.72 bits per heavy atom. The zero-order valence-electron chi connectivity index (χ0n) is 15.6. The van der Waals surface area contributed by atoms with E-state index in [-0.39, 0.29) is 16.7 Å². The van der Waals surface area contributed by atoms with Gasteiger partial charge in [0.2, 0.25) is 15.9 Å². The molecule has 1 aromatic carbocycles. The molecular weight excluding hydrogens is 434 g/mol. The molecule has 2 heterocycles. The third-order valence-electron chi connectivity index (χ3n) is 3.87. The van der Waals surface area contributed by atoms with Crippen molar-refractivity contribution in [2.24, 2.45) is 0 Å². The van der Waals surface area contributed by atoms with E-state index in [0.717, 1.165) is 11.3 Å². The Labute approximate surface area is 177 Å².